The molecule has 22 heavy (non-hydrogen) atoms. The lowest BCUT2D eigenvalue weighted by molar-refractivity contribution is -0.122. The number of aryl methyl sites for hydroxylation is 1. The van der Waals surface area contributed by atoms with E-state index in [9.17, 15) is 4.79 Å². The first kappa shape index (κ1) is 15.1. The van der Waals surface area contributed by atoms with Gasteiger partial charge in [-0.25, -0.2) is 0 Å². The van der Waals surface area contributed by atoms with Crippen LogP contribution in [0.1, 0.15) is 44.9 Å². The molecule has 2 aromatic rings. The van der Waals surface area contributed by atoms with Crippen LogP contribution in [0.15, 0.2) is 36.5 Å². The zero-order chi connectivity index (χ0) is 15.2. The Labute approximate surface area is 132 Å². The molecule has 0 unspecified atom stereocenters. The van der Waals surface area contributed by atoms with Gasteiger partial charge in [0.25, 0.3) is 0 Å². The maximum absolute atomic E-state index is 12.0. The summed E-state index contributed by atoms with van der Waals surface area (Å²) < 4.78 is 2.27. The minimum absolute atomic E-state index is 0.240. The predicted octanol–water partition coefficient (Wildman–Crippen LogP) is 4.12. The van der Waals surface area contributed by atoms with Crippen LogP contribution < -0.4 is 5.32 Å². The van der Waals surface area contributed by atoms with Gasteiger partial charge < -0.3 is 9.88 Å². The number of para-hydroxylation sites is 1. The quantitative estimate of drug-likeness (QED) is 0.800. The summed E-state index contributed by atoms with van der Waals surface area (Å²) in [7, 11) is 0. The molecule has 1 saturated carbocycles. The Morgan fingerprint density at radius 1 is 1.14 bits per heavy atom. The maximum atomic E-state index is 12.0. The molecule has 1 amide bonds. The van der Waals surface area contributed by atoms with Crippen molar-refractivity contribution in [2.24, 2.45) is 5.92 Å². The lowest BCUT2D eigenvalue weighted by Crippen LogP contribution is -2.27. The molecule has 3 heteroatoms. The molecule has 0 radical (unpaired) electrons. The lowest BCUT2D eigenvalue weighted by Gasteiger charge is -2.20. The largest absolute Gasteiger partial charge is 0.356 e. The van der Waals surface area contributed by atoms with Crippen molar-refractivity contribution in [3.05, 3.63) is 36.5 Å². The van der Waals surface area contributed by atoms with Crippen LogP contribution in [0.4, 0.5) is 0 Å². The van der Waals surface area contributed by atoms with Gasteiger partial charge >= 0.3 is 0 Å². The van der Waals surface area contributed by atoms with Crippen LogP contribution >= 0.6 is 0 Å². The highest BCUT2D eigenvalue weighted by Gasteiger charge is 2.16. The van der Waals surface area contributed by atoms with Gasteiger partial charge in [0.1, 0.15) is 0 Å². The molecule has 0 bridgehead atoms. The Balaban J connectivity index is 1.39. The van der Waals surface area contributed by atoms with Crippen LogP contribution in [0, 0.1) is 5.92 Å². The van der Waals surface area contributed by atoms with E-state index in [0.29, 0.717) is 5.92 Å². The summed E-state index contributed by atoms with van der Waals surface area (Å²) in [6.07, 6.45) is 10.3. The average molecular weight is 298 g/mol. The highest BCUT2D eigenvalue weighted by atomic mass is 16.1. The van der Waals surface area contributed by atoms with Crippen LogP contribution in [0.2, 0.25) is 0 Å². The zero-order valence-corrected chi connectivity index (χ0v) is 13.3. The van der Waals surface area contributed by atoms with E-state index in [1.54, 1.807) is 0 Å². The van der Waals surface area contributed by atoms with Crippen molar-refractivity contribution in [3.8, 4) is 0 Å². The number of nitrogens with zero attached hydrogens (tertiary/aromatic N) is 1. The highest BCUT2D eigenvalue weighted by Crippen LogP contribution is 2.26. The van der Waals surface area contributed by atoms with E-state index in [4.69, 9.17) is 0 Å². The number of rotatable bonds is 6. The van der Waals surface area contributed by atoms with Crippen molar-refractivity contribution in [2.75, 3.05) is 6.54 Å². The van der Waals surface area contributed by atoms with Gasteiger partial charge in [-0.2, -0.15) is 0 Å². The van der Waals surface area contributed by atoms with Gasteiger partial charge in [-0.05, 0) is 42.7 Å². The number of hydrogen-bond acceptors (Lipinski definition) is 1. The van der Waals surface area contributed by atoms with E-state index >= 15 is 0 Å². The second-order valence-corrected chi connectivity index (χ2v) is 6.48. The molecule has 3 nitrogen and oxygen atoms in total. The number of hydrogen-bond donors (Lipinski definition) is 1. The van der Waals surface area contributed by atoms with E-state index in [0.717, 1.165) is 25.9 Å². The first-order chi connectivity index (χ1) is 10.8. The van der Waals surface area contributed by atoms with Crippen molar-refractivity contribution < 1.29 is 4.79 Å². The molecule has 1 fully saturated rings. The van der Waals surface area contributed by atoms with Crippen LogP contribution in [0.5, 0.6) is 0 Å². The summed E-state index contributed by atoms with van der Waals surface area (Å²) in [5, 5.41) is 4.37. The SMILES string of the molecule is O=C(CC1CCCCC1)NCCCn1ccc2ccccc21. The van der Waals surface area contributed by atoms with Gasteiger partial charge in [-0.3, -0.25) is 4.79 Å². The number of fused-ring (bicyclic) bond motifs is 1. The molecule has 1 N–H and O–H groups in total. The number of nitrogens with one attached hydrogen (secondary N) is 1. The first-order valence-corrected chi connectivity index (χ1v) is 8.63. The van der Waals surface area contributed by atoms with Crippen LogP contribution in [-0.2, 0) is 11.3 Å². The third-order valence-electron chi connectivity index (χ3n) is 4.78. The predicted molar refractivity (Wildman–Crippen MR) is 90.8 cm³/mol. The van der Waals surface area contributed by atoms with Gasteiger partial charge in [-0.1, -0.05) is 37.5 Å². The van der Waals surface area contributed by atoms with Gasteiger partial charge in [0.15, 0.2) is 0 Å². The Morgan fingerprint density at radius 3 is 2.82 bits per heavy atom. The normalized spacial score (nSPS) is 16.0. The van der Waals surface area contributed by atoms with Gasteiger partial charge in [0.2, 0.25) is 5.91 Å². The third-order valence-corrected chi connectivity index (χ3v) is 4.78. The first-order valence-electron chi connectivity index (χ1n) is 8.63. The topological polar surface area (TPSA) is 34.0 Å². The summed E-state index contributed by atoms with van der Waals surface area (Å²) in [4.78, 5) is 12.0. The van der Waals surface area contributed by atoms with E-state index < -0.39 is 0 Å². The van der Waals surface area contributed by atoms with E-state index in [1.165, 1.54) is 43.0 Å². The molecular formula is C19H26N2O. The number of benzene rings is 1. The standard InChI is InChI=1S/C19H26N2O/c22-19(15-16-7-2-1-3-8-16)20-12-6-13-21-14-11-17-9-4-5-10-18(17)21/h4-5,9-11,14,16H,1-3,6-8,12-13,15H2,(H,20,22). The van der Waals surface area contributed by atoms with Gasteiger partial charge in [-0.15, -0.1) is 0 Å². The second-order valence-electron chi connectivity index (χ2n) is 6.48. The van der Waals surface area contributed by atoms with Crippen molar-refractivity contribution >= 4 is 16.8 Å². The zero-order valence-electron chi connectivity index (χ0n) is 13.3. The molecule has 0 saturated heterocycles. The molecule has 1 heterocycles. The molecule has 0 spiro atoms. The number of amides is 1. The Hall–Kier alpha value is -1.77. The lowest BCUT2D eigenvalue weighted by atomic mass is 9.87. The van der Waals surface area contributed by atoms with E-state index in [2.05, 4.69) is 46.4 Å². The Bertz CT molecular complexity index is 611. The molecular weight excluding hydrogens is 272 g/mol. The minimum Gasteiger partial charge on any atom is -0.356 e. The summed E-state index contributed by atoms with van der Waals surface area (Å²) >= 11 is 0. The van der Waals surface area contributed by atoms with Crippen molar-refractivity contribution in [1.82, 2.24) is 9.88 Å². The number of carbonyl (C=O) groups excluding carboxylic acids is 1. The van der Waals surface area contributed by atoms with Crippen LogP contribution in [-0.4, -0.2) is 17.0 Å². The second kappa shape index (κ2) is 7.48. The highest BCUT2D eigenvalue weighted by molar-refractivity contribution is 5.79. The fourth-order valence-electron chi connectivity index (χ4n) is 3.54. The van der Waals surface area contributed by atoms with Gasteiger partial charge in [0, 0.05) is 31.2 Å². The molecule has 1 aromatic carbocycles. The molecule has 1 aromatic heterocycles. The van der Waals surface area contributed by atoms with E-state index in [1.807, 2.05) is 0 Å². The fraction of sp³-hybridized carbons (Fsp3) is 0.526. The molecule has 0 atom stereocenters. The van der Waals surface area contributed by atoms with E-state index in [-0.39, 0.29) is 5.91 Å². The fourth-order valence-corrected chi connectivity index (χ4v) is 3.54. The summed E-state index contributed by atoms with van der Waals surface area (Å²) in [6.45, 7) is 1.73. The van der Waals surface area contributed by atoms with Crippen molar-refractivity contribution in [1.29, 1.82) is 0 Å². The molecule has 118 valence electrons. The summed E-state index contributed by atoms with van der Waals surface area (Å²) in [6, 6.07) is 10.6. The summed E-state index contributed by atoms with van der Waals surface area (Å²) in [5.41, 5.74) is 1.27. The Morgan fingerprint density at radius 2 is 1.95 bits per heavy atom. The number of carbonyl (C=O) groups is 1. The maximum Gasteiger partial charge on any atom is 0.220 e. The van der Waals surface area contributed by atoms with Crippen LogP contribution in [0.3, 0.4) is 0 Å². The third kappa shape index (κ3) is 3.90. The minimum atomic E-state index is 0.240. The number of aromatic nitrogens is 1. The smallest absolute Gasteiger partial charge is 0.220 e. The molecule has 3 rings (SSSR count). The average Bonchev–Trinajstić information content (AvgIpc) is 2.96. The molecule has 1 aliphatic carbocycles. The monoisotopic (exact) mass is 298 g/mol. The van der Waals surface area contributed by atoms with Crippen LogP contribution in [0.25, 0.3) is 10.9 Å². The Kier molecular flexibility index (Phi) is 5.15. The molecule has 1 aliphatic rings. The van der Waals surface area contributed by atoms with Crippen molar-refractivity contribution in [2.45, 2.75) is 51.5 Å². The van der Waals surface area contributed by atoms with Crippen molar-refractivity contribution in [3.63, 3.8) is 0 Å². The van der Waals surface area contributed by atoms with Gasteiger partial charge in [0.05, 0.1) is 0 Å². The summed E-state index contributed by atoms with van der Waals surface area (Å²) in [5.74, 6) is 0.867. The molecule has 0 aliphatic heterocycles.